The summed E-state index contributed by atoms with van der Waals surface area (Å²) in [6, 6.07) is 0. The summed E-state index contributed by atoms with van der Waals surface area (Å²) in [4.78, 5) is 11.4. The highest BCUT2D eigenvalue weighted by molar-refractivity contribution is 5.69. The molecule has 0 aliphatic carbocycles. The minimum absolute atomic E-state index is 0.130. The average molecular weight is 373 g/mol. The van der Waals surface area contributed by atoms with Crippen LogP contribution >= 0.6 is 0 Å². The van der Waals surface area contributed by atoms with Crippen LogP contribution < -0.4 is 0 Å². The van der Waals surface area contributed by atoms with Gasteiger partial charge in [-0.15, -0.1) is 0 Å². The van der Waals surface area contributed by atoms with E-state index in [4.69, 9.17) is 14.9 Å². The molecule has 154 valence electrons. The van der Waals surface area contributed by atoms with E-state index in [1.54, 1.807) is 0 Å². The first-order valence-corrected chi connectivity index (χ1v) is 10.4. The first-order valence-electron chi connectivity index (χ1n) is 10.4. The van der Waals surface area contributed by atoms with Crippen molar-refractivity contribution in [3.8, 4) is 0 Å². The molecule has 26 heavy (non-hydrogen) atoms. The summed E-state index contributed by atoms with van der Waals surface area (Å²) in [6.07, 6.45) is 16.2. The van der Waals surface area contributed by atoms with E-state index in [2.05, 4.69) is 19.1 Å². The second kappa shape index (κ2) is 18.9. The highest BCUT2D eigenvalue weighted by atomic mass is 16.5. The van der Waals surface area contributed by atoms with Gasteiger partial charge in [0.05, 0.1) is 12.7 Å². The maximum Gasteiger partial charge on any atom is 0.305 e. The van der Waals surface area contributed by atoms with Crippen LogP contribution in [0.1, 0.15) is 90.4 Å². The number of carbonyl (C=O) groups is 1. The van der Waals surface area contributed by atoms with Crippen LogP contribution in [0, 0.1) is 0 Å². The molecule has 0 heterocycles. The first kappa shape index (κ1) is 25.1. The summed E-state index contributed by atoms with van der Waals surface area (Å²) < 4.78 is 4.84. The van der Waals surface area contributed by atoms with E-state index in [1.165, 1.54) is 19.3 Å². The zero-order valence-electron chi connectivity index (χ0n) is 16.6. The van der Waals surface area contributed by atoms with Crippen molar-refractivity contribution in [3.05, 3.63) is 12.2 Å². The number of unbranched alkanes of at least 4 members (excludes halogenated alkanes) is 8. The van der Waals surface area contributed by atoms with E-state index in [1.807, 2.05) is 0 Å². The summed E-state index contributed by atoms with van der Waals surface area (Å²) >= 11 is 0. The summed E-state index contributed by atoms with van der Waals surface area (Å²) in [6.45, 7) is 1.68. The lowest BCUT2D eigenvalue weighted by atomic mass is 10.1. The SMILES string of the molecule is CCCCCC[C@H](O)C/C=C/CCCCCCCC(=O)OC[C@H](O)CO. The minimum Gasteiger partial charge on any atom is -0.463 e. The molecule has 0 radical (unpaired) electrons. The molecule has 5 heteroatoms. The lowest BCUT2D eigenvalue weighted by Crippen LogP contribution is -2.21. The summed E-state index contributed by atoms with van der Waals surface area (Å²) in [5.41, 5.74) is 0. The third-order valence-corrected chi connectivity index (χ3v) is 4.36. The Hall–Kier alpha value is -0.910. The highest BCUT2D eigenvalue weighted by Crippen LogP contribution is 2.10. The molecule has 0 aromatic carbocycles. The van der Waals surface area contributed by atoms with Gasteiger partial charge in [0.2, 0.25) is 0 Å². The van der Waals surface area contributed by atoms with E-state index in [-0.39, 0.29) is 25.3 Å². The fourth-order valence-electron chi connectivity index (χ4n) is 2.67. The molecule has 2 atom stereocenters. The second-order valence-electron chi connectivity index (χ2n) is 7.04. The Morgan fingerprint density at radius 2 is 1.62 bits per heavy atom. The smallest absolute Gasteiger partial charge is 0.305 e. The van der Waals surface area contributed by atoms with Gasteiger partial charge in [0.15, 0.2) is 0 Å². The number of ether oxygens (including phenoxy) is 1. The number of hydrogen-bond acceptors (Lipinski definition) is 5. The molecule has 0 aliphatic heterocycles. The van der Waals surface area contributed by atoms with Gasteiger partial charge in [-0.1, -0.05) is 64.0 Å². The van der Waals surface area contributed by atoms with Crippen molar-refractivity contribution in [1.82, 2.24) is 0 Å². The molecule has 0 rings (SSSR count). The van der Waals surface area contributed by atoms with Crippen molar-refractivity contribution in [2.24, 2.45) is 0 Å². The number of allylic oxidation sites excluding steroid dienone is 1. The molecule has 3 N–H and O–H groups in total. The summed E-state index contributed by atoms with van der Waals surface area (Å²) in [5.74, 6) is -0.311. The number of esters is 1. The van der Waals surface area contributed by atoms with Gasteiger partial charge in [-0.3, -0.25) is 4.79 Å². The zero-order chi connectivity index (χ0) is 19.5. The van der Waals surface area contributed by atoms with Crippen LogP contribution in [0.4, 0.5) is 0 Å². The van der Waals surface area contributed by atoms with Crippen molar-refractivity contribution in [3.63, 3.8) is 0 Å². The molecule has 5 nitrogen and oxygen atoms in total. The number of aliphatic hydroxyl groups excluding tert-OH is 3. The number of carbonyl (C=O) groups excluding carboxylic acids is 1. The van der Waals surface area contributed by atoms with Crippen LogP contribution in [-0.4, -0.2) is 46.7 Å². The van der Waals surface area contributed by atoms with Gasteiger partial charge in [0.25, 0.3) is 0 Å². The highest BCUT2D eigenvalue weighted by Gasteiger charge is 2.07. The third-order valence-electron chi connectivity index (χ3n) is 4.36. The van der Waals surface area contributed by atoms with Crippen LogP contribution in [0.25, 0.3) is 0 Å². The molecule has 0 aromatic heterocycles. The molecule has 0 aromatic rings. The largest absolute Gasteiger partial charge is 0.463 e. The van der Waals surface area contributed by atoms with E-state index < -0.39 is 6.10 Å². The monoisotopic (exact) mass is 372 g/mol. The molecular weight excluding hydrogens is 332 g/mol. The summed E-state index contributed by atoms with van der Waals surface area (Å²) in [7, 11) is 0. The fourth-order valence-corrected chi connectivity index (χ4v) is 2.67. The van der Waals surface area contributed by atoms with E-state index >= 15 is 0 Å². The average Bonchev–Trinajstić information content (AvgIpc) is 2.64. The number of hydrogen-bond donors (Lipinski definition) is 3. The molecule has 0 amide bonds. The topological polar surface area (TPSA) is 87.0 Å². The Balaban J connectivity index is 3.36. The standard InChI is InChI=1S/C21H40O5/c1-2-3-4-11-14-19(23)15-12-9-7-5-6-8-10-13-16-21(25)26-18-20(24)17-22/h9,12,19-20,22-24H,2-8,10-11,13-18H2,1H3/b12-9+/t19-,20+/m0/s1. The molecular formula is C21H40O5. The van der Waals surface area contributed by atoms with Crippen molar-refractivity contribution in [1.29, 1.82) is 0 Å². The van der Waals surface area contributed by atoms with Gasteiger partial charge < -0.3 is 20.1 Å². The third kappa shape index (κ3) is 17.9. The van der Waals surface area contributed by atoms with Crippen molar-refractivity contribution in [2.45, 2.75) is 103 Å². The first-order chi connectivity index (χ1) is 12.6. The number of aliphatic hydroxyl groups is 3. The molecule has 0 unspecified atom stereocenters. The minimum atomic E-state index is -0.978. The van der Waals surface area contributed by atoms with Crippen LogP contribution in [0.15, 0.2) is 12.2 Å². The predicted octanol–water partition coefficient (Wildman–Crippen LogP) is 3.89. The van der Waals surface area contributed by atoms with Crippen LogP contribution in [0.3, 0.4) is 0 Å². The van der Waals surface area contributed by atoms with Crippen LogP contribution in [-0.2, 0) is 9.53 Å². The summed E-state index contributed by atoms with van der Waals surface area (Å²) in [5, 5.41) is 27.6. The maximum absolute atomic E-state index is 11.4. The lowest BCUT2D eigenvalue weighted by molar-refractivity contribution is -0.147. The van der Waals surface area contributed by atoms with E-state index in [9.17, 15) is 9.90 Å². The van der Waals surface area contributed by atoms with Gasteiger partial charge in [0.1, 0.15) is 12.7 Å². The van der Waals surface area contributed by atoms with Crippen molar-refractivity contribution in [2.75, 3.05) is 13.2 Å². The molecule has 0 saturated carbocycles. The Labute approximate surface area is 159 Å². The van der Waals surface area contributed by atoms with Gasteiger partial charge in [-0.25, -0.2) is 0 Å². The van der Waals surface area contributed by atoms with E-state index in [0.29, 0.717) is 6.42 Å². The Kier molecular flexibility index (Phi) is 18.2. The molecule has 0 fully saturated rings. The normalized spacial score (nSPS) is 13.8. The lowest BCUT2D eigenvalue weighted by Gasteiger charge is -2.08. The molecule has 0 spiro atoms. The molecule has 0 bridgehead atoms. The van der Waals surface area contributed by atoms with Crippen LogP contribution in [0.5, 0.6) is 0 Å². The van der Waals surface area contributed by atoms with Gasteiger partial charge in [-0.05, 0) is 32.1 Å². The van der Waals surface area contributed by atoms with Crippen molar-refractivity contribution >= 4 is 5.97 Å². The number of rotatable bonds is 18. The van der Waals surface area contributed by atoms with Crippen molar-refractivity contribution < 1.29 is 24.9 Å². The quantitative estimate of drug-likeness (QED) is 0.193. The Morgan fingerprint density at radius 3 is 2.35 bits per heavy atom. The van der Waals surface area contributed by atoms with Gasteiger partial charge in [-0.2, -0.15) is 0 Å². The second-order valence-corrected chi connectivity index (χ2v) is 7.04. The molecule has 0 saturated heterocycles. The van der Waals surface area contributed by atoms with Gasteiger partial charge >= 0.3 is 5.97 Å². The van der Waals surface area contributed by atoms with Gasteiger partial charge in [0, 0.05) is 6.42 Å². The van der Waals surface area contributed by atoms with Crippen LogP contribution in [0.2, 0.25) is 0 Å². The zero-order valence-corrected chi connectivity index (χ0v) is 16.6. The fraction of sp³-hybridized carbons (Fsp3) is 0.857. The Bertz CT molecular complexity index is 343. The Morgan fingerprint density at radius 1 is 0.923 bits per heavy atom. The van der Waals surface area contributed by atoms with E-state index in [0.717, 1.165) is 57.8 Å². The maximum atomic E-state index is 11.4. The molecule has 0 aliphatic rings. The predicted molar refractivity (Wildman–Crippen MR) is 105 cm³/mol.